The Morgan fingerprint density at radius 2 is 0.979 bits per heavy atom. The number of nitrogens with one attached hydrogen (secondary N) is 1. The predicted octanol–water partition coefficient (Wildman–Crippen LogP) is 8.78. The van der Waals surface area contributed by atoms with Gasteiger partial charge in [0.25, 0.3) is 0 Å². The Kier molecular flexibility index (Phi) is 31.6. The van der Waals surface area contributed by atoms with Crippen molar-refractivity contribution in [2.75, 3.05) is 19.8 Å². The van der Waals surface area contributed by atoms with Gasteiger partial charge in [0, 0.05) is 12.8 Å². The average molecular weight is 708 g/mol. The van der Waals surface area contributed by atoms with Crippen LogP contribution in [0.2, 0.25) is 0 Å². The minimum absolute atomic E-state index is 0.123. The number of carbonyl (C=O) groups is 3. The summed E-state index contributed by atoms with van der Waals surface area (Å²) in [5.41, 5.74) is 0. The van der Waals surface area contributed by atoms with Crippen LogP contribution < -0.4 is 5.32 Å². The molecule has 11 nitrogen and oxygen atoms in total. The second kappa shape index (κ2) is 32.7. The molecule has 48 heavy (non-hydrogen) atoms. The molecule has 0 saturated carbocycles. The first-order valence-corrected chi connectivity index (χ1v) is 20.6. The van der Waals surface area contributed by atoms with E-state index in [-0.39, 0.29) is 12.8 Å². The lowest BCUT2D eigenvalue weighted by atomic mass is 10.0. The largest absolute Gasteiger partial charge is 0.480 e. The molecule has 0 fully saturated rings. The molecule has 0 saturated heterocycles. The average Bonchev–Trinajstić information content (AvgIpc) is 3.05. The molecule has 3 atom stereocenters. The zero-order valence-corrected chi connectivity index (χ0v) is 31.2. The molecule has 0 aliphatic rings. The molecule has 0 bridgehead atoms. The standard InChI is InChI=1S/C36H70NO10P/c1-3-5-7-8-9-10-11-12-13-14-15-16-17-18-19-20-21-22-23-24-25-26-28-35(40)45-29-32(38)30-46-48(43,44)47-31-33(36(41)42)37-34(39)27-6-4-2/h32-33,38H,3-31H2,1-2H3,(H,37,39)(H,41,42)(H,43,44). The van der Waals surface area contributed by atoms with Gasteiger partial charge in [-0.1, -0.05) is 155 Å². The zero-order chi connectivity index (χ0) is 35.7. The molecule has 3 unspecified atom stereocenters. The van der Waals surface area contributed by atoms with Gasteiger partial charge in [0.05, 0.1) is 13.2 Å². The Bertz CT molecular complexity index is 844. The fraction of sp³-hybridized carbons (Fsp3) is 0.917. The van der Waals surface area contributed by atoms with Crippen LogP contribution in [0.25, 0.3) is 0 Å². The van der Waals surface area contributed by atoms with Crippen LogP contribution in [0.4, 0.5) is 0 Å². The Labute approximate surface area is 291 Å². The Morgan fingerprint density at radius 3 is 1.40 bits per heavy atom. The number of carbonyl (C=O) groups excluding carboxylic acids is 2. The lowest BCUT2D eigenvalue weighted by Crippen LogP contribution is -2.43. The van der Waals surface area contributed by atoms with Crippen molar-refractivity contribution in [2.24, 2.45) is 0 Å². The number of carboxylic acid groups (broad SMARTS) is 1. The molecular formula is C36H70NO10P. The molecule has 0 aromatic heterocycles. The number of rotatable bonds is 36. The highest BCUT2D eigenvalue weighted by Crippen LogP contribution is 2.43. The van der Waals surface area contributed by atoms with Crippen molar-refractivity contribution in [3.8, 4) is 0 Å². The van der Waals surface area contributed by atoms with Gasteiger partial charge in [0.1, 0.15) is 12.7 Å². The van der Waals surface area contributed by atoms with Crippen LogP contribution in [0.3, 0.4) is 0 Å². The van der Waals surface area contributed by atoms with E-state index in [2.05, 4.69) is 21.3 Å². The summed E-state index contributed by atoms with van der Waals surface area (Å²) in [4.78, 5) is 44.8. The van der Waals surface area contributed by atoms with Gasteiger partial charge in [-0.3, -0.25) is 18.6 Å². The number of aliphatic carboxylic acids is 1. The summed E-state index contributed by atoms with van der Waals surface area (Å²) in [6, 6.07) is -1.53. The van der Waals surface area contributed by atoms with Crippen LogP contribution >= 0.6 is 7.82 Å². The molecule has 0 aliphatic heterocycles. The summed E-state index contributed by atoms with van der Waals surface area (Å²) in [6.45, 7) is 2.27. The number of hydrogen-bond acceptors (Lipinski definition) is 8. The summed E-state index contributed by atoms with van der Waals surface area (Å²) in [7, 11) is -4.72. The smallest absolute Gasteiger partial charge is 0.472 e. The molecule has 0 aliphatic carbocycles. The summed E-state index contributed by atoms with van der Waals surface area (Å²) in [6.07, 6.45) is 28.8. The molecule has 284 valence electrons. The van der Waals surface area contributed by atoms with Crippen LogP contribution in [0.5, 0.6) is 0 Å². The molecule has 0 spiro atoms. The maximum Gasteiger partial charge on any atom is 0.472 e. The number of phosphoric acid groups is 1. The fourth-order valence-electron chi connectivity index (χ4n) is 5.35. The van der Waals surface area contributed by atoms with E-state index in [4.69, 9.17) is 4.74 Å². The number of amides is 1. The van der Waals surface area contributed by atoms with E-state index in [0.29, 0.717) is 12.8 Å². The number of aliphatic hydroxyl groups is 1. The molecule has 0 aromatic carbocycles. The normalized spacial score (nSPS) is 13.9. The van der Waals surface area contributed by atoms with Crippen molar-refractivity contribution in [3.05, 3.63) is 0 Å². The second-order valence-corrected chi connectivity index (χ2v) is 14.6. The van der Waals surface area contributed by atoms with Crippen molar-refractivity contribution < 1.29 is 47.8 Å². The maximum atomic E-state index is 12.0. The number of esters is 1. The van der Waals surface area contributed by atoms with E-state index in [9.17, 15) is 34.1 Å². The lowest BCUT2D eigenvalue weighted by Gasteiger charge is -2.18. The van der Waals surface area contributed by atoms with Crippen molar-refractivity contribution >= 4 is 25.7 Å². The van der Waals surface area contributed by atoms with Gasteiger partial charge in [0.2, 0.25) is 5.91 Å². The van der Waals surface area contributed by atoms with Crippen LogP contribution in [0, 0.1) is 0 Å². The van der Waals surface area contributed by atoms with Crippen LogP contribution in [0.15, 0.2) is 0 Å². The van der Waals surface area contributed by atoms with Crippen molar-refractivity contribution in [3.63, 3.8) is 0 Å². The van der Waals surface area contributed by atoms with Gasteiger partial charge in [-0.25, -0.2) is 9.36 Å². The number of carboxylic acids is 1. The summed E-state index contributed by atoms with van der Waals surface area (Å²) in [5, 5.41) is 21.4. The number of ether oxygens (including phenoxy) is 1. The van der Waals surface area contributed by atoms with Gasteiger partial charge >= 0.3 is 19.8 Å². The van der Waals surface area contributed by atoms with Crippen molar-refractivity contribution in [2.45, 2.75) is 193 Å². The number of unbranched alkanes of at least 4 members (excludes halogenated alkanes) is 22. The third kappa shape index (κ3) is 31.7. The summed E-state index contributed by atoms with van der Waals surface area (Å²) >= 11 is 0. The minimum atomic E-state index is -4.72. The fourth-order valence-corrected chi connectivity index (χ4v) is 6.12. The topological polar surface area (TPSA) is 169 Å². The van der Waals surface area contributed by atoms with E-state index >= 15 is 0 Å². The van der Waals surface area contributed by atoms with Gasteiger partial charge < -0.3 is 25.2 Å². The molecule has 1 amide bonds. The first kappa shape index (κ1) is 46.5. The molecule has 4 N–H and O–H groups in total. The monoisotopic (exact) mass is 707 g/mol. The van der Waals surface area contributed by atoms with E-state index in [1.807, 2.05) is 6.92 Å². The first-order chi connectivity index (χ1) is 23.1. The molecular weight excluding hydrogens is 637 g/mol. The first-order valence-electron chi connectivity index (χ1n) is 19.1. The Morgan fingerprint density at radius 1 is 0.583 bits per heavy atom. The third-order valence-electron chi connectivity index (χ3n) is 8.40. The van der Waals surface area contributed by atoms with Gasteiger partial charge in [0.15, 0.2) is 6.04 Å². The molecule has 0 aromatic rings. The number of phosphoric ester groups is 1. The molecule has 12 heteroatoms. The maximum absolute atomic E-state index is 12.0. The van der Waals surface area contributed by atoms with Gasteiger partial charge in [-0.15, -0.1) is 0 Å². The summed E-state index contributed by atoms with van der Waals surface area (Å²) < 4.78 is 26.4. The van der Waals surface area contributed by atoms with Crippen molar-refractivity contribution in [1.29, 1.82) is 0 Å². The SMILES string of the molecule is CCCCCCCCCCCCCCCCCCCCCCCCC(=O)OCC(O)COP(=O)(O)OCC(NC(=O)CCCC)C(=O)O. The molecule has 0 heterocycles. The van der Waals surface area contributed by atoms with E-state index in [1.165, 1.54) is 116 Å². The van der Waals surface area contributed by atoms with Crippen LogP contribution in [0.1, 0.15) is 181 Å². The predicted molar refractivity (Wildman–Crippen MR) is 190 cm³/mol. The highest BCUT2D eigenvalue weighted by Gasteiger charge is 2.28. The highest BCUT2D eigenvalue weighted by molar-refractivity contribution is 7.47. The summed E-state index contributed by atoms with van der Waals surface area (Å²) in [5.74, 6) is -2.41. The third-order valence-corrected chi connectivity index (χ3v) is 9.35. The van der Waals surface area contributed by atoms with E-state index in [1.54, 1.807) is 0 Å². The van der Waals surface area contributed by atoms with Crippen LogP contribution in [-0.2, 0) is 32.7 Å². The van der Waals surface area contributed by atoms with Gasteiger partial charge in [-0.2, -0.15) is 0 Å². The number of aliphatic hydroxyl groups excluding tert-OH is 1. The Hall–Kier alpha value is -1.52. The van der Waals surface area contributed by atoms with Gasteiger partial charge in [-0.05, 0) is 12.8 Å². The van der Waals surface area contributed by atoms with E-state index in [0.717, 1.165) is 25.7 Å². The zero-order valence-electron chi connectivity index (χ0n) is 30.3. The van der Waals surface area contributed by atoms with E-state index < -0.39 is 57.6 Å². The lowest BCUT2D eigenvalue weighted by molar-refractivity contribution is -0.147. The van der Waals surface area contributed by atoms with Crippen molar-refractivity contribution in [1.82, 2.24) is 5.32 Å². The van der Waals surface area contributed by atoms with Crippen LogP contribution in [-0.4, -0.2) is 64.9 Å². The second-order valence-electron chi connectivity index (χ2n) is 13.1. The number of hydrogen-bond donors (Lipinski definition) is 4. The molecule has 0 radical (unpaired) electrons. The highest BCUT2D eigenvalue weighted by atomic mass is 31.2. The minimum Gasteiger partial charge on any atom is -0.480 e. The quantitative estimate of drug-likeness (QED) is 0.0281. The Balaban J connectivity index is 3.64. The molecule has 0 rings (SSSR count).